The fraction of sp³-hybridized carbons (Fsp3) is 0.308. The number of aliphatic hydroxyl groups is 1. The van der Waals surface area contributed by atoms with Crippen LogP contribution in [0.25, 0.3) is 10.9 Å². The van der Waals surface area contributed by atoms with Gasteiger partial charge in [-0.2, -0.15) is 18.4 Å². The topological polar surface area (TPSA) is 78.9 Å². The highest BCUT2D eigenvalue weighted by Crippen LogP contribution is 2.32. The normalized spacial score (nSPS) is 11.6. The molecule has 0 spiro atoms. The lowest BCUT2D eigenvalue weighted by atomic mass is 10.1. The first-order valence-corrected chi connectivity index (χ1v) is 5.93. The van der Waals surface area contributed by atoms with Gasteiger partial charge in [-0.25, -0.2) is 4.98 Å². The zero-order chi connectivity index (χ0) is 15.8. The highest BCUT2D eigenvalue weighted by atomic mass is 19.4. The highest BCUT2D eigenvalue weighted by molar-refractivity contribution is 5.84. The van der Waals surface area contributed by atoms with Crippen molar-refractivity contribution in [2.24, 2.45) is 0 Å². The molecular formula is C13H10F3N3O2. The van der Waals surface area contributed by atoms with Gasteiger partial charge in [-0.15, -0.1) is 0 Å². The molecule has 0 aliphatic carbocycles. The second-order valence-electron chi connectivity index (χ2n) is 4.37. The molecule has 1 aromatic heterocycles. The molecule has 2 rings (SSSR count). The van der Waals surface area contributed by atoms with Gasteiger partial charge in [0, 0.05) is 0 Å². The number of nitrogens with zero attached hydrogens (tertiary/aromatic N) is 3. The van der Waals surface area contributed by atoms with E-state index in [-0.39, 0.29) is 35.4 Å². The molecule has 21 heavy (non-hydrogen) atoms. The van der Waals surface area contributed by atoms with E-state index in [4.69, 9.17) is 10.4 Å². The zero-order valence-corrected chi connectivity index (χ0v) is 10.9. The molecule has 110 valence electrons. The molecule has 0 saturated heterocycles. The summed E-state index contributed by atoms with van der Waals surface area (Å²) in [6.07, 6.45) is -4.63. The number of hydrogen-bond donors (Lipinski definition) is 1. The van der Waals surface area contributed by atoms with Crippen LogP contribution in [0.15, 0.2) is 16.9 Å². The minimum atomic E-state index is -4.63. The lowest BCUT2D eigenvalue weighted by Gasteiger charge is -2.12. The first kappa shape index (κ1) is 15.0. The van der Waals surface area contributed by atoms with Crippen molar-refractivity contribution in [2.45, 2.75) is 19.6 Å². The van der Waals surface area contributed by atoms with Crippen LogP contribution in [0, 0.1) is 18.3 Å². The zero-order valence-electron chi connectivity index (χ0n) is 10.9. The second kappa shape index (κ2) is 5.18. The fourth-order valence-electron chi connectivity index (χ4n) is 2.07. The van der Waals surface area contributed by atoms with Crippen LogP contribution in [0.3, 0.4) is 0 Å². The number of halogens is 3. The number of rotatable bonds is 2. The van der Waals surface area contributed by atoms with Crippen LogP contribution in [0.2, 0.25) is 0 Å². The van der Waals surface area contributed by atoms with Gasteiger partial charge < -0.3 is 5.11 Å². The van der Waals surface area contributed by atoms with E-state index in [1.807, 2.05) is 0 Å². The Kier molecular flexibility index (Phi) is 3.70. The van der Waals surface area contributed by atoms with E-state index in [1.54, 1.807) is 6.07 Å². The second-order valence-corrected chi connectivity index (χ2v) is 4.37. The molecule has 2 aromatic rings. The molecule has 0 radical (unpaired) electrons. The van der Waals surface area contributed by atoms with E-state index >= 15 is 0 Å². The quantitative estimate of drug-likeness (QED) is 0.913. The number of alkyl halides is 3. The summed E-state index contributed by atoms with van der Waals surface area (Å²) >= 11 is 0. The third-order valence-corrected chi connectivity index (χ3v) is 3.02. The van der Waals surface area contributed by atoms with Crippen molar-refractivity contribution in [1.82, 2.24) is 9.55 Å². The van der Waals surface area contributed by atoms with Crippen molar-refractivity contribution >= 4 is 10.9 Å². The molecule has 0 fully saturated rings. The van der Waals surface area contributed by atoms with E-state index in [0.29, 0.717) is 6.07 Å². The summed E-state index contributed by atoms with van der Waals surface area (Å²) in [4.78, 5) is 16.2. The van der Waals surface area contributed by atoms with Gasteiger partial charge in [0.1, 0.15) is 11.9 Å². The van der Waals surface area contributed by atoms with Gasteiger partial charge >= 0.3 is 6.18 Å². The van der Waals surface area contributed by atoms with Crippen molar-refractivity contribution in [2.75, 3.05) is 6.61 Å². The van der Waals surface area contributed by atoms with Crippen molar-refractivity contribution in [3.63, 3.8) is 0 Å². The number of aliphatic hydroxyl groups excluding tert-OH is 1. The Bertz CT molecular complexity index is 803. The minimum Gasteiger partial charge on any atom is -0.395 e. The SMILES string of the molecule is Cc1nc2cc(C(F)(F)F)cc(C#N)c2c(=O)n1CCO. The molecule has 0 saturated carbocycles. The number of nitriles is 1. The van der Waals surface area contributed by atoms with Gasteiger partial charge in [-0.05, 0) is 19.1 Å². The number of aryl methyl sites for hydroxylation is 1. The summed E-state index contributed by atoms with van der Waals surface area (Å²) in [6.45, 7) is 1.08. The van der Waals surface area contributed by atoms with E-state index in [0.717, 1.165) is 10.6 Å². The largest absolute Gasteiger partial charge is 0.416 e. The van der Waals surface area contributed by atoms with Crippen molar-refractivity contribution in [3.8, 4) is 6.07 Å². The van der Waals surface area contributed by atoms with Crippen molar-refractivity contribution in [1.29, 1.82) is 5.26 Å². The van der Waals surface area contributed by atoms with Gasteiger partial charge in [-0.1, -0.05) is 0 Å². The number of hydrogen-bond acceptors (Lipinski definition) is 4. The van der Waals surface area contributed by atoms with E-state index in [2.05, 4.69) is 4.98 Å². The van der Waals surface area contributed by atoms with Gasteiger partial charge in [0.2, 0.25) is 0 Å². The van der Waals surface area contributed by atoms with Crippen molar-refractivity contribution < 1.29 is 18.3 Å². The Hall–Kier alpha value is -2.40. The molecule has 0 aliphatic rings. The van der Waals surface area contributed by atoms with E-state index < -0.39 is 17.3 Å². The molecule has 5 nitrogen and oxygen atoms in total. The third-order valence-electron chi connectivity index (χ3n) is 3.02. The summed E-state index contributed by atoms with van der Waals surface area (Å²) in [7, 11) is 0. The van der Waals surface area contributed by atoms with Crippen LogP contribution in [0.5, 0.6) is 0 Å². The molecular weight excluding hydrogens is 287 g/mol. The van der Waals surface area contributed by atoms with E-state index in [1.165, 1.54) is 6.92 Å². The molecule has 0 atom stereocenters. The van der Waals surface area contributed by atoms with E-state index in [9.17, 15) is 18.0 Å². The van der Waals surface area contributed by atoms with Crippen LogP contribution < -0.4 is 5.56 Å². The molecule has 1 N–H and O–H groups in total. The molecule has 0 amide bonds. The van der Waals surface area contributed by atoms with Crippen LogP contribution in [-0.4, -0.2) is 21.3 Å². The Morgan fingerprint density at radius 2 is 2.10 bits per heavy atom. The Balaban J connectivity index is 2.90. The molecule has 0 bridgehead atoms. The summed E-state index contributed by atoms with van der Waals surface area (Å²) in [5.74, 6) is 0.171. The maximum atomic E-state index is 12.8. The Morgan fingerprint density at radius 1 is 1.43 bits per heavy atom. The molecule has 8 heteroatoms. The predicted molar refractivity (Wildman–Crippen MR) is 67.5 cm³/mol. The first-order chi connectivity index (χ1) is 9.79. The maximum Gasteiger partial charge on any atom is 0.416 e. The average Bonchev–Trinajstić information content (AvgIpc) is 2.40. The summed E-state index contributed by atoms with van der Waals surface area (Å²) < 4.78 is 39.5. The summed E-state index contributed by atoms with van der Waals surface area (Å²) in [5.41, 5.74) is -2.24. The van der Waals surface area contributed by atoms with Crippen LogP contribution in [0.1, 0.15) is 17.0 Å². The fourth-order valence-corrected chi connectivity index (χ4v) is 2.07. The predicted octanol–water partition coefficient (Wildman–Crippen LogP) is 1.59. The van der Waals surface area contributed by atoms with Gasteiger partial charge in [-0.3, -0.25) is 9.36 Å². The summed E-state index contributed by atoms with van der Waals surface area (Å²) in [5, 5.41) is 17.7. The van der Waals surface area contributed by atoms with Crippen LogP contribution in [-0.2, 0) is 12.7 Å². The maximum absolute atomic E-state index is 12.8. The minimum absolute atomic E-state index is 0.0422. The van der Waals surface area contributed by atoms with Gasteiger partial charge in [0.15, 0.2) is 0 Å². The van der Waals surface area contributed by atoms with Crippen LogP contribution in [0.4, 0.5) is 13.2 Å². The van der Waals surface area contributed by atoms with Gasteiger partial charge in [0.05, 0.1) is 35.2 Å². The lowest BCUT2D eigenvalue weighted by Crippen LogP contribution is -2.26. The Labute approximate surface area is 116 Å². The molecule has 0 unspecified atom stereocenters. The third kappa shape index (κ3) is 2.60. The van der Waals surface area contributed by atoms with Crippen LogP contribution >= 0.6 is 0 Å². The van der Waals surface area contributed by atoms with Crippen molar-refractivity contribution in [3.05, 3.63) is 39.4 Å². The molecule has 1 heterocycles. The Morgan fingerprint density at radius 3 is 2.62 bits per heavy atom. The van der Waals surface area contributed by atoms with Gasteiger partial charge in [0.25, 0.3) is 5.56 Å². The average molecular weight is 297 g/mol. The molecule has 1 aromatic carbocycles. The monoisotopic (exact) mass is 297 g/mol. The lowest BCUT2D eigenvalue weighted by molar-refractivity contribution is -0.137. The smallest absolute Gasteiger partial charge is 0.395 e. The number of benzene rings is 1. The highest BCUT2D eigenvalue weighted by Gasteiger charge is 2.32. The summed E-state index contributed by atoms with van der Waals surface area (Å²) in [6, 6.07) is 2.97. The standard InChI is InChI=1S/C13H10F3N3O2/c1-7-18-10-5-9(13(14,15)16)4-8(6-17)11(10)12(21)19(7)2-3-20/h4-5,20H,2-3H2,1H3. The molecule has 0 aliphatic heterocycles. The number of aromatic nitrogens is 2. The first-order valence-electron chi connectivity index (χ1n) is 5.93. The number of fused-ring (bicyclic) bond motifs is 1.